The fourth-order valence-electron chi connectivity index (χ4n) is 2.34. The maximum absolute atomic E-state index is 9.80. The Morgan fingerprint density at radius 3 is 2.42 bits per heavy atom. The van der Waals surface area contributed by atoms with Crippen LogP contribution in [0.4, 0.5) is 0 Å². The lowest BCUT2D eigenvalue weighted by molar-refractivity contribution is 0.00390. The molecule has 2 rings (SSSR count). The van der Waals surface area contributed by atoms with Crippen LogP contribution in [0.2, 0.25) is 0 Å². The molecule has 1 saturated carbocycles. The van der Waals surface area contributed by atoms with Gasteiger partial charge < -0.3 is 5.11 Å². The fourth-order valence-corrected chi connectivity index (χ4v) is 2.34. The first-order valence-electron chi connectivity index (χ1n) is 5.09. The SMILES string of the molecule is CC(C)[C@@H]1CCC2(CC2)NC1O. The van der Waals surface area contributed by atoms with E-state index in [2.05, 4.69) is 19.2 Å². The first-order chi connectivity index (χ1) is 5.63. The van der Waals surface area contributed by atoms with Crippen molar-refractivity contribution < 1.29 is 5.11 Å². The molecule has 12 heavy (non-hydrogen) atoms. The van der Waals surface area contributed by atoms with Gasteiger partial charge >= 0.3 is 0 Å². The third-order valence-electron chi connectivity index (χ3n) is 3.53. The summed E-state index contributed by atoms with van der Waals surface area (Å²) in [5, 5.41) is 13.2. The van der Waals surface area contributed by atoms with E-state index in [-0.39, 0.29) is 6.23 Å². The van der Waals surface area contributed by atoms with Crippen molar-refractivity contribution in [1.29, 1.82) is 0 Å². The van der Waals surface area contributed by atoms with Gasteiger partial charge in [-0.3, -0.25) is 5.32 Å². The summed E-state index contributed by atoms with van der Waals surface area (Å²) in [7, 11) is 0. The van der Waals surface area contributed by atoms with Crippen molar-refractivity contribution in [2.24, 2.45) is 11.8 Å². The number of aliphatic hydroxyl groups excluding tert-OH is 1. The maximum atomic E-state index is 9.80. The third kappa shape index (κ3) is 1.38. The lowest BCUT2D eigenvalue weighted by atomic mass is 9.84. The van der Waals surface area contributed by atoms with E-state index in [1.54, 1.807) is 0 Å². The van der Waals surface area contributed by atoms with Crippen LogP contribution in [0.25, 0.3) is 0 Å². The molecule has 2 nitrogen and oxygen atoms in total. The lowest BCUT2D eigenvalue weighted by Crippen LogP contribution is -2.50. The molecule has 1 aliphatic carbocycles. The van der Waals surface area contributed by atoms with Crippen molar-refractivity contribution in [2.75, 3.05) is 0 Å². The largest absolute Gasteiger partial charge is 0.378 e. The van der Waals surface area contributed by atoms with Crippen LogP contribution in [0.3, 0.4) is 0 Å². The zero-order valence-corrected chi connectivity index (χ0v) is 8.01. The zero-order chi connectivity index (χ0) is 8.77. The standard InChI is InChI=1S/C10H19NO/c1-7(2)8-3-4-10(5-6-10)11-9(8)12/h7-9,11-12H,3-6H2,1-2H3/t8-,9?/m0/s1. The summed E-state index contributed by atoms with van der Waals surface area (Å²) in [5.41, 5.74) is 0.366. The second-order valence-corrected chi connectivity index (χ2v) is 4.82. The third-order valence-corrected chi connectivity index (χ3v) is 3.53. The van der Waals surface area contributed by atoms with Crippen LogP contribution in [0.1, 0.15) is 39.5 Å². The molecular formula is C10H19NO. The van der Waals surface area contributed by atoms with Gasteiger partial charge in [-0.2, -0.15) is 0 Å². The summed E-state index contributed by atoms with van der Waals surface area (Å²) in [6.45, 7) is 4.39. The van der Waals surface area contributed by atoms with Gasteiger partial charge in [0.15, 0.2) is 0 Å². The summed E-state index contributed by atoms with van der Waals surface area (Å²) >= 11 is 0. The first-order valence-corrected chi connectivity index (χ1v) is 5.09. The molecule has 2 heteroatoms. The van der Waals surface area contributed by atoms with Crippen LogP contribution < -0.4 is 5.32 Å². The highest BCUT2D eigenvalue weighted by Crippen LogP contribution is 2.45. The molecule has 0 aromatic carbocycles. The first kappa shape index (κ1) is 8.52. The monoisotopic (exact) mass is 169 g/mol. The maximum Gasteiger partial charge on any atom is 0.108 e. The molecule has 1 aliphatic heterocycles. The van der Waals surface area contributed by atoms with Crippen molar-refractivity contribution >= 4 is 0 Å². The molecule has 2 atom stereocenters. The molecule has 1 unspecified atom stereocenters. The Balaban J connectivity index is 1.95. The van der Waals surface area contributed by atoms with E-state index < -0.39 is 0 Å². The molecule has 2 aliphatic rings. The molecule has 1 saturated heterocycles. The van der Waals surface area contributed by atoms with Crippen LogP contribution in [0, 0.1) is 11.8 Å². The minimum Gasteiger partial charge on any atom is -0.378 e. The second-order valence-electron chi connectivity index (χ2n) is 4.82. The Bertz CT molecular complexity index is 175. The average Bonchev–Trinajstić information content (AvgIpc) is 2.68. The van der Waals surface area contributed by atoms with Crippen molar-refractivity contribution in [3.8, 4) is 0 Å². The fraction of sp³-hybridized carbons (Fsp3) is 1.00. The smallest absolute Gasteiger partial charge is 0.108 e. The van der Waals surface area contributed by atoms with Crippen LogP contribution in [-0.2, 0) is 0 Å². The van der Waals surface area contributed by atoms with E-state index in [0.717, 1.165) is 0 Å². The van der Waals surface area contributed by atoms with Gasteiger partial charge in [-0.05, 0) is 31.6 Å². The van der Waals surface area contributed by atoms with Gasteiger partial charge in [-0.15, -0.1) is 0 Å². The van der Waals surface area contributed by atoms with Crippen LogP contribution in [-0.4, -0.2) is 16.9 Å². The van der Waals surface area contributed by atoms with Gasteiger partial charge in [-0.1, -0.05) is 13.8 Å². The van der Waals surface area contributed by atoms with Gasteiger partial charge in [0, 0.05) is 11.5 Å². The van der Waals surface area contributed by atoms with Crippen molar-refractivity contribution in [2.45, 2.75) is 51.3 Å². The molecular weight excluding hydrogens is 150 g/mol. The Hall–Kier alpha value is -0.0800. The normalized spacial score (nSPS) is 39.0. The van der Waals surface area contributed by atoms with Crippen molar-refractivity contribution in [1.82, 2.24) is 5.32 Å². The van der Waals surface area contributed by atoms with Gasteiger partial charge in [-0.25, -0.2) is 0 Å². The van der Waals surface area contributed by atoms with Gasteiger partial charge in [0.25, 0.3) is 0 Å². The Morgan fingerprint density at radius 1 is 1.33 bits per heavy atom. The van der Waals surface area contributed by atoms with E-state index in [1.165, 1.54) is 25.7 Å². The summed E-state index contributed by atoms with van der Waals surface area (Å²) in [4.78, 5) is 0. The number of aliphatic hydroxyl groups is 1. The predicted octanol–water partition coefficient (Wildman–Crippen LogP) is 1.49. The second kappa shape index (κ2) is 2.71. The zero-order valence-electron chi connectivity index (χ0n) is 8.01. The number of hydrogen-bond donors (Lipinski definition) is 2. The van der Waals surface area contributed by atoms with Crippen molar-refractivity contribution in [3.63, 3.8) is 0 Å². The summed E-state index contributed by atoms with van der Waals surface area (Å²) < 4.78 is 0. The number of nitrogens with one attached hydrogen (secondary N) is 1. The minimum atomic E-state index is -0.249. The molecule has 1 spiro atoms. The number of rotatable bonds is 1. The molecule has 0 radical (unpaired) electrons. The molecule has 70 valence electrons. The van der Waals surface area contributed by atoms with Gasteiger partial charge in [0.1, 0.15) is 6.23 Å². The summed E-state index contributed by atoms with van der Waals surface area (Å²) in [6, 6.07) is 0. The molecule has 0 bridgehead atoms. The minimum absolute atomic E-state index is 0.249. The van der Waals surface area contributed by atoms with Crippen LogP contribution in [0.5, 0.6) is 0 Å². The molecule has 0 aromatic heterocycles. The molecule has 2 N–H and O–H groups in total. The van der Waals surface area contributed by atoms with E-state index in [4.69, 9.17) is 0 Å². The molecule has 2 fully saturated rings. The topological polar surface area (TPSA) is 32.3 Å². The van der Waals surface area contributed by atoms with E-state index >= 15 is 0 Å². The quantitative estimate of drug-likeness (QED) is 0.623. The average molecular weight is 169 g/mol. The Morgan fingerprint density at radius 2 is 2.00 bits per heavy atom. The molecule has 0 aromatic rings. The molecule has 0 amide bonds. The number of hydrogen-bond acceptors (Lipinski definition) is 2. The summed E-state index contributed by atoms with van der Waals surface area (Å²) in [5.74, 6) is 1.07. The van der Waals surface area contributed by atoms with Crippen LogP contribution in [0.15, 0.2) is 0 Å². The van der Waals surface area contributed by atoms with E-state index in [1.807, 2.05) is 0 Å². The van der Waals surface area contributed by atoms with E-state index in [0.29, 0.717) is 17.4 Å². The molecule has 1 heterocycles. The predicted molar refractivity (Wildman–Crippen MR) is 48.7 cm³/mol. The summed E-state index contributed by atoms with van der Waals surface area (Å²) in [6.07, 6.45) is 4.77. The lowest BCUT2D eigenvalue weighted by Gasteiger charge is -2.36. The highest BCUT2D eigenvalue weighted by molar-refractivity contribution is 5.05. The Labute approximate surface area is 74.4 Å². The highest BCUT2D eigenvalue weighted by atomic mass is 16.3. The van der Waals surface area contributed by atoms with Gasteiger partial charge in [0.2, 0.25) is 0 Å². The van der Waals surface area contributed by atoms with E-state index in [9.17, 15) is 5.11 Å². The number of piperidine rings is 1. The highest BCUT2D eigenvalue weighted by Gasteiger charge is 2.48. The van der Waals surface area contributed by atoms with Crippen molar-refractivity contribution in [3.05, 3.63) is 0 Å². The van der Waals surface area contributed by atoms with Crippen LogP contribution >= 0.6 is 0 Å². The van der Waals surface area contributed by atoms with Gasteiger partial charge in [0.05, 0.1) is 0 Å². The Kier molecular flexibility index (Phi) is 1.92.